The average molecular weight is 210 g/mol. The molecule has 0 aliphatic heterocycles. The van der Waals surface area contributed by atoms with Gasteiger partial charge >= 0.3 is 0 Å². The Morgan fingerprint density at radius 3 is 3.00 bits per heavy atom. The molecular formula is C12H16ClN. The maximum Gasteiger partial charge on any atom is 0.0408 e. The van der Waals surface area contributed by atoms with Crippen LogP contribution in [0.25, 0.3) is 0 Å². The van der Waals surface area contributed by atoms with Crippen molar-refractivity contribution in [2.45, 2.75) is 37.6 Å². The van der Waals surface area contributed by atoms with Gasteiger partial charge in [-0.15, -0.1) is 0 Å². The SMILES string of the molecule is CCCC1(N)CC1c1cccc(Cl)c1. The molecule has 0 aromatic heterocycles. The van der Waals surface area contributed by atoms with Crippen LogP contribution in [0.4, 0.5) is 0 Å². The molecule has 1 nitrogen and oxygen atoms in total. The van der Waals surface area contributed by atoms with Gasteiger partial charge in [0.25, 0.3) is 0 Å². The second kappa shape index (κ2) is 3.56. The molecular weight excluding hydrogens is 194 g/mol. The van der Waals surface area contributed by atoms with Crippen molar-refractivity contribution in [2.24, 2.45) is 5.73 Å². The first-order chi connectivity index (χ1) is 6.65. The molecule has 76 valence electrons. The lowest BCUT2D eigenvalue weighted by atomic mass is 10.0. The topological polar surface area (TPSA) is 26.0 Å². The maximum atomic E-state index is 6.24. The van der Waals surface area contributed by atoms with Gasteiger partial charge in [0.05, 0.1) is 0 Å². The molecule has 2 rings (SSSR count). The second-order valence-corrected chi connectivity index (χ2v) is 4.73. The molecule has 2 heteroatoms. The summed E-state index contributed by atoms with van der Waals surface area (Å²) in [6.07, 6.45) is 3.39. The van der Waals surface area contributed by atoms with Crippen LogP contribution in [0.3, 0.4) is 0 Å². The number of hydrogen-bond donors (Lipinski definition) is 1. The average Bonchev–Trinajstić information content (AvgIpc) is 2.78. The highest BCUT2D eigenvalue weighted by molar-refractivity contribution is 6.30. The Balaban J connectivity index is 2.12. The molecule has 1 saturated carbocycles. The molecule has 0 spiro atoms. The molecule has 0 heterocycles. The van der Waals surface area contributed by atoms with Crippen LogP contribution >= 0.6 is 11.6 Å². The molecule has 14 heavy (non-hydrogen) atoms. The Kier molecular flexibility index (Phi) is 2.54. The maximum absolute atomic E-state index is 6.24. The van der Waals surface area contributed by atoms with Crippen LogP contribution in [0.15, 0.2) is 24.3 Å². The summed E-state index contributed by atoms with van der Waals surface area (Å²) in [6, 6.07) is 8.07. The molecule has 0 amide bonds. The molecule has 1 aromatic rings. The van der Waals surface area contributed by atoms with Gasteiger partial charge in [-0.05, 0) is 30.5 Å². The fourth-order valence-electron chi connectivity index (χ4n) is 2.24. The van der Waals surface area contributed by atoms with Crippen molar-refractivity contribution in [1.82, 2.24) is 0 Å². The van der Waals surface area contributed by atoms with Crippen LogP contribution < -0.4 is 5.73 Å². The van der Waals surface area contributed by atoms with E-state index < -0.39 is 0 Å². The van der Waals surface area contributed by atoms with E-state index in [1.165, 1.54) is 5.56 Å². The van der Waals surface area contributed by atoms with Crippen LogP contribution in [0.5, 0.6) is 0 Å². The van der Waals surface area contributed by atoms with Crippen molar-refractivity contribution in [1.29, 1.82) is 0 Å². The van der Waals surface area contributed by atoms with Crippen LogP contribution in [0.1, 0.15) is 37.7 Å². The normalized spacial score (nSPS) is 30.4. The molecule has 1 fully saturated rings. The lowest BCUT2D eigenvalue weighted by Gasteiger charge is -2.09. The summed E-state index contributed by atoms with van der Waals surface area (Å²) in [6.45, 7) is 2.18. The van der Waals surface area contributed by atoms with E-state index in [0.29, 0.717) is 5.92 Å². The molecule has 2 atom stereocenters. The number of hydrogen-bond acceptors (Lipinski definition) is 1. The smallest absolute Gasteiger partial charge is 0.0408 e. The minimum Gasteiger partial charge on any atom is -0.325 e. The van der Waals surface area contributed by atoms with Crippen molar-refractivity contribution in [3.05, 3.63) is 34.9 Å². The standard InChI is InChI=1S/C12H16ClN/c1-2-6-12(14)8-11(12)9-4-3-5-10(13)7-9/h3-5,7,11H,2,6,8,14H2,1H3. The van der Waals surface area contributed by atoms with Crippen molar-refractivity contribution < 1.29 is 0 Å². The van der Waals surface area contributed by atoms with E-state index in [1.54, 1.807) is 0 Å². The molecule has 1 aromatic carbocycles. The van der Waals surface area contributed by atoms with E-state index in [9.17, 15) is 0 Å². The summed E-state index contributed by atoms with van der Waals surface area (Å²) in [5.74, 6) is 0.529. The number of benzene rings is 1. The fraction of sp³-hybridized carbons (Fsp3) is 0.500. The van der Waals surface area contributed by atoms with Gasteiger partial charge in [-0.1, -0.05) is 37.1 Å². The highest BCUT2D eigenvalue weighted by Gasteiger charge is 2.50. The lowest BCUT2D eigenvalue weighted by molar-refractivity contribution is 0.579. The minimum absolute atomic E-state index is 0.0550. The lowest BCUT2D eigenvalue weighted by Crippen LogP contribution is -2.23. The van der Waals surface area contributed by atoms with Gasteiger partial charge in [0.2, 0.25) is 0 Å². The second-order valence-electron chi connectivity index (χ2n) is 4.29. The predicted molar refractivity (Wildman–Crippen MR) is 60.6 cm³/mol. The molecule has 0 radical (unpaired) electrons. The van der Waals surface area contributed by atoms with Crippen LogP contribution in [-0.2, 0) is 0 Å². The van der Waals surface area contributed by atoms with E-state index in [0.717, 1.165) is 24.3 Å². The van der Waals surface area contributed by atoms with Gasteiger partial charge in [-0.25, -0.2) is 0 Å². The van der Waals surface area contributed by atoms with Gasteiger partial charge in [0.15, 0.2) is 0 Å². The first-order valence-electron chi connectivity index (χ1n) is 5.20. The van der Waals surface area contributed by atoms with E-state index in [1.807, 2.05) is 18.2 Å². The van der Waals surface area contributed by atoms with Gasteiger partial charge in [0.1, 0.15) is 0 Å². The summed E-state index contributed by atoms with van der Waals surface area (Å²) >= 11 is 5.95. The monoisotopic (exact) mass is 209 g/mol. The van der Waals surface area contributed by atoms with Crippen molar-refractivity contribution >= 4 is 11.6 Å². The molecule has 2 unspecified atom stereocenters. The van der Waals surface area contributed by atoms with Gasteiger partial charge in [0, 0.05) is 16.5 Å². The van der Waals surface area contributed by atoms with E-state index in [-0.39, 0.29) is 5.54 Å². The number of rotatable bonds is 3. The van der Waals surface area contributed by atoms with Crippen LogP contribution in [-0.4, -0.2) is 5.54 Å². The van der Waals surface area contributed by atoms with Crippen LogP contribution in [0.2, 0.25) is 5.02 Å². The summed E-state index contributed by atoms with van der Waals surface area (Å²) in [5.41, 5.74) is 7.59. The van der Waals surface area contributed by atoms with E-state index in [4.69, 9.17) is 17.3 Å². The molecule has 1 aliphatic carbocycles. The van der Waals surface area contributed by atoms with Gasteiger partial charge < -0.3 is 5.73 Å². The van der Waals surface area contributed by atoms with Crippen molar-refractivity contribution in [3.8, 4) is 0 Å². The largest absolute Gasteiger partial charge is 0.325 e. The summed E-state index contributed by atoms with van der Waals surface area (Å²) in [4.78, 5) is 0. The highest BCUT2D eigenvalue weighted by Crippen LogP contribution is 2.52. The van der Waals surface area contributed by atoms with E-state index >= 15 is 0 Å². The van der Waals surface area contributed by atoms with E-state index in [2.05, 4.69) is 13.0 Å². The zero-order valence-corrected chi connectivity index (χ0v) is 9.22. The Morgan fingerprint density at radius 2 is 2.36 bits per heavy atom. The third-order valence-electron chi connectivity index (χ3n) is 3.08. The van der Waals surface area contributed by atoms with Gasteiger partial charge in [-0.3, -0.25) is 0 Å². The Hall–Kier alpha value is -0.530. The summed E-state index contributed by atoms with van der Waals surface area (Å²) in [7, 11) is 0. The van der Waals surface area contributed by atoms with Gasteiger partial charge in [-0.2, -0.15) is 0 Å². The Bertz CT molecular complexity index is 337. The molecule has 2 N–H and O–H groups in total. The quantitative estimate of drug-likeness (QED) is 0.812. The van der Waals surface area contributed by atoms with Crippen molar-refractivity contribution in [3.63, 3.8) is 0 Å². The molecule has 0 bridgehead atoms. The molecule has 1 aliphatic rings. The van der Waals surface area contributed by atoms with Crippen molar-refractivity contribution in [2.75, 3.05) is 0 Å². The zero-order valence-electron chi connectivity index (χ0n) is 8.46. The first-order valence-corrected chi connectivity index (χ1v) is 5.58. The Labute approximate surface area is 90.3 Å². The number of nitrogens with two attached hydrogens (primary N) is 1. The summed E-state index contributed by atoms with van der Waals surface area (Å²) in [5, 5.41) is 0.813. The fourth-order valence-corrected chi connectivity index (χ4v) is 2.43. The third kappa shape index (κ3) is 1.79. The van der Waals surface area contributed by atoms with Crippen LogP contribution in [0, 0.1) is 0 Å². The number of halogens is 1. The predicted octanol–water partition coefficient (Wildman–Crippen LogP) is 3.32. The first kappa shape index (κ1) is 10.0. The highest BCUT2D eigenvalue weighted by atomic mass is 35.5. The third-order valence-corrected chi connectivity index (χ3v) is 3.32. The minimum atomic E-state index is 0.0550. The molecule has 0 saturated heterocycles. The zero-order chi connectivity index (χ0) is 10.2. The Morgan fingerprint density at radius 1 is 1.57 bits per heavy atom. The summed E-state index contributed by atoms with van der Waals surface area (Å²) < 4.78 is 0.